The lowest BCUT2D eigenvalue weighted by Crippen LogP contribution is -2.14. The van der Waals surface area contributed by atoms with Gasteiger partial charge in [-0.2, -0.15) is 0 Å². The molecule has 0 radical (unpaired) electrons. The molecule has 7 nitrogen and oxygen atoms in total. The molecule has 4 aromatic rings. The summed E-state index contributed by atoms with van der Waals surface area (Å²) in [5.41, 5.74) is 8.55. The Morgan fingerprint density at radius 3 is 2.97 bits per heavy atom. The molecule has 1 aromatic carbocycles. The van der Waals surface area contributed by atoms with Gasteiger partial charge in [-0.3, -0.25) is 4.79 Å². The molecule has 0 aliphatic rings. The molecule has 0 aliphatic carbocycles. The van der Waals surface area contributed by atoms with Crippen LogP contribution >= 0.6 is 34.7 Å². The smallest absolute Gasteiger partial charge is 0.234 e. The van der Waals surface area contributed by atoms with Gasteiger partial charge in [-0.15, -0.1) is 21.5 Å². The lowest BCUT2D eigenvalue weighted by Gasteiger charge is -2.07. The van der Waals surface area contributed by atoms with Gasteiger partial charge in [-0.25, -0.2) is 4.98 Å². The molecule has 0 unspecified atom stereocenters. The zero-order chi connectivity index (χ0) is 20.5. The number of benzene rings is 1. The van der Waals surface area contributed by atoms with E-state index in [9.17, 15) is 4.79 Å². The minimum atomic E-state index is -0.133. The second kappa shape index (κ2) is 8.02. The zero-order valence-corrected chi connectivity index (χ0v) is 18.0. The number of rotatable bonds is 5. The Hall–Kier alpha value is -2.62. The molecule has 0 spiro atoms. The highest BCUT2D eigenvalue weighted by molar-refractivity contribution is 7.99. The molecule has 0 fully saturated rings. The van der Waals surface area contributed by atoms with Crippen LogP contribution in [0.15, 0.2) is 41.7 Å². The Labute approximate surface area is 181 Å². The summed E-state index contributed by atoms with van der Waals surface area (Å²) in [6.07, 6.45) is 1.74. The van der Waals surface area contributed by atoms with Crippen molar-refractivity contribution >= 4 is 62.2 Å². The number of carbonyl (C=O) groups excluding carboxylic acids is 1. The number of amides is 1. The third-order valence-electron chi connectivity index (χ3n) is 4.32. The van der Waals surface area contributed by atoms with Crippen LogP contribution in [0.1, 0.15) is 6.99 Å². The van der Waals surface area contributed by atoms with Crippen molar-refractivity contribution in [2.24, 2.45) is 7.05 Å². The summed E-state index contributed by atoms with van der Waals surface area (Å²) < 4.78 is 1.84. The van der Waals surface area contributed by atoms with Crippen LogP contribution in [0.4, 0.5) is 11.4 Å². The highest BCUT2D eigenvalue weighted by Gasteiger charge is 2.19. The van der Waals surface area contributed by atoms with Gasteiger partial charge in [0, 0.05) is 30.8 Å². The first-order valence-corrected chi connectivity index (χ1v) is 10.8. The van der Waals surface area contributed by atoms with Crippen molar-refractivity contribution in [3.05, 3.63) is 47.1 Å². The summed E-state index contributed by atoms with van der Waals surface area (Å²) in [5.74, 6) is 0.727. The number of thiophene rings is 1. The van der Waals surface area contributed by atoms with E-state index in [4.69, 9.17) is 17.3 Å². The lowest BCUT2D eigenvalue weighted by atomic mass is 10.2. The predicted molar refractivity (Wildman–Crippen MR) is 122 cm³/mol. The maximum absolute atomic E-state index is 12.3. The van der Waals surface area contributed by atoms with Gasteiger partial charge in [0.2, 0.25) is 5.91 Å². The fraction of sp³-hybridized carbons (Fsp3) is 0.158. The van der Waals surface area contributed by atoms with Crippen molar-refractivity contribution in [3.63, 3.8) is 0 Å². The molecular formula is C19H19ClN6OS2. The third-order valence-corrected chi connectivity index (χ3v) is 6.89. The Morgan fingerprint density at radius 2 is 2.21 bits per heavy atom. The standard InChI is InChI=1S/C19H17ClN6OS2.H2/c1-10-8-11(5-6-13(10)20)23-14(27)9-28-19-25-24-17(26(19)2)16-15(21)12-4-3-7-22-18(12)29-16;/h3-8H,9,21H2,1-2H3,(H,23,27);1H. The molecule has 3 heterocycles. The van der Waals surface area contributed by atoms with Crippen LogP contribution in [0.3, 0.4) is 0 Å². The fourth-order valence-corrected chi connectivity index (χ4v) is 4.72. The number of nitrogens with zero attached hydrogens (tertiary/aromatic N) is 4. The van der Waals surface area contributed by atoms with Crippen molar-refractivity contribution in [3.8, 4) is 10.7 Å². The van der Waals surface area contributed by atoms with E-state index in [2.05, 4.69) is 20.5 Å². The third kappa shape index (κ3) is 3.93. The normalized spacial score (nSPS) is 11.1. The maximum atomic E-state index is 12.3. The quantitative estimate of drug-likeness (QED) is 0.434. The van der Waals surface area contributed by atoms with E-state index in [0.717, 1.165) is 20.7 Å². The molecular weight excluding hydrogens is 428 g/mol. The largest absolute Gasteiger partial charge is 0.397 e. The molecule has 10 heteroatoms. The molecule has 3 N–H and O–H groups in total. The van der Waals surface area contributed by atoms with Gasteiger partial charge in [0.15, 0.2) is 11.0 Å². The van der Waals surface area contributed by atoms with E-state index < -0.39 is 0 Å². The molecule has 4 rings (SSSR count). The predicted octanol–water partition coefficient (Wildman–Crippen LogP) is 4.61. The minimum Gasteiger partial charge on any atom is -0.397 e. The monoisotopic (exact) mass is 446 g/mol. The SMILES string of the molecule is Cc1cc(NC(=O)CSc2nnc(-c3sc4ncccc4c3N)n2C)ccc1Cl.[HH]. The first kappa shape index (κ1) is 19.7. The molecule has 0 atom stereocenters. The second-order valence-electron chi connectivity index (χ2n) is 6.37. The molecule has 3 aromatic heterocycles. The highest BCUT2D eigenvalue weighted by atomic mass is 35.5. The Kier molecular flexibility index (Phi) is 5.44. The number of nitrogens with two attached hydrogens (primary N) is 1. The number of carbonyl (C=O) groups is 1. The number of anilines is 2. The van der Waals surface area contributed by atoms with Crippen LogP contribution in [0.2, 0.25) is 5.02 Å². The number of halogens is 1. The zero-order valence-electron chi connectivity index (χ0n) is 15.6. The van der Waals surface area contributed by atoms with E-state index in [-0.39, 0.29) is 13.1 Å². The fourth-order valence-electron chi connectivity index (χ4n) is 2.81. The van der Waals surface area contributed by atoms with Crippen LogP contribution in [-0.4, -0.2) is 31.4 Å². The molecule has 1 amide bonds. The van der Waals surface area contributed by atoms with Crippen LogP contribution in [0.5, 0.6) is 0 Å². The van der Waals surface area contributed by atoms with Crippen LogP contribution in [-0.2, 0) is 11.8 Å². The van der Waals surface area contributed by atoms with Crippen LogP contribution in [0, 0.1) is 6.92 Å². The Morgan fingerprint density at radius 1 is 1.38 bits per heavy atom. The van der Waals surface area contributed by atoms with Gasteiger partial charge < -0.3 is 15.6 Å². The van der Waals surface area contributed by atoms with Crippen molar-refractivity contribution in [1.29, 1.82) is 0 Å². The number of nitrogens with one attached hydrogen (secondary N) is 1. The topological polar surface area (TPSA) is 98.7 Å². The second-order valence-corrected chi connectivity index (χ2v) is 8.72. The number of hydrogen-bond donors (Lipinski definition) is 2. The van der Waals surface area contributed by atoms with Crippen LogP contribution < -0.4 is 11.1 Å². The maximum Gasteiger partial charge on any atom is 0.234 e. The molecule has 150 valence electrons. The van der Waals surface area contributed by atoms with Crippen molar-refractivity contribution < 1.29 is 6.22 Å². The van der Waals surface area contributed by atoms with Crippen LogP contribution in [0.25, 0.3) is 20.9 Å². The summed E-state index contributed by atoms with van der Waals surface area (Å²) >= 11 is 8.80. The number of thioether (sulfide) groups is 1. The number of fused-ring (bicyclic) bond motifs is 1. The van der Waals surface area contributed by atoms with E-state index in [1.165, 1.54) is 23.1 Å². The summed E-state index contributed by atoms with van der Waals surface area (Å²) in [4.78, 5) is 18.3. The van der Waals surface area contributed by atoms with Gasteiger partial charge >= 0.3 is 0 Å². The molecule has 0 bridgehead atoms. The summed E-state index contributed by atoms with van der Waals surface area (Å²) in [6, 6.07) is 9.17. The highest BCUT2D eigenvalue weighted by Crippen LogP contribution is 2.39. The van der Waals surface area contributed by atoms with Gasteiger partial charge in [0.05, 0.1) is 16.3 Å². The first-order chi connectivity index (χ1) is 13.9. The minimum absolute atomic E-state index is 0. The van der Waals surface area contributed by atoms with Gasteiger partial charge in [-0.1, -0.05) is 23.4 Å². The number of hydrogen-bond acceptors (Lipinski definition) is 7. The molecule has 0 saturated carbocycles. The average molecular weight is 447 g/mol. The molecule has 0 aliphatic heterocycles. The number of aryl methyl sites for hydroxylation is 1. The van der Waals surface area contributed by atoms with E-state index >= 15 is 0 Å². The molecule has 29 heavy (non-hydrogen) atoms. The number of nitrogen functional groups attached to an aromatic ring is 1. The summed E-state index contributed by atoms with van der Waals surface area (Å²) in [6.45, 7) is 1.89. The van der Waals surface area contributed by atoms with Crippen molar-refractivity contribution in [2.45, 2.75) is 12.1 Å². The van der Waals surface area contributed by atoms with E-state index in [1.807, 2.05) is 36.7 Å². The van der Waals surface area contributed by atoms with E-state index in [0.29, 0.717) is 27.4 Å². The number of pyridine rings is 1. The van der Waals surface area contributed by atoms with Crippen molar-refractivity contribution in [1.82, 2.24) is 19.7 Å². The number of aromatic nitrogens is 4. The lowest BCUT2D eigenvalue weighted by molar-refractivity contribution is -0.113. The summed E-state index contributed by atoms with van der Waals surface area (Å²) in [5, 5.41) is 13.6. The Balaban J connectivity index is 0.00000256. The first-order valence-electron chi connectivity index (χ1n) is 8.65. The van der Waals surface area contributed by atoms with Gasteiger partial charge in [0.1, 0.15) is 4.83 Å². The van der Waals surface area contributed by atoms with E-state index in [1.54, 1.807) is 18.3 Å². The summed E-state index contributed by atoms with van der Waals surface area (Å²) in [7, 11) is 1.86. The molecule has 0 saturated heterocycles. The van der Waals surface area contributed by atoms with Crippen molar-refractivity contribution in [2.75, 3.05) is 16.8 Å². The van der Waals surface area contributed by atoms with Gasteiger partial charge in [0.25, 0.3) is 0 Å². The Bertz CT molecular complexity index is 1230. The average Bonchev–Trinajstić information content (AvgIpc) is 3.23. The van der Waals surface area contributed by atoms with Gasteiger partial charge in [-0.05, 0) is 42.8 Å².